The third kappa shape index (κ3) is 4.76. The average molecular weight is 287 g/mol. The van der Waals surface area contributed by atoms with Crippen molar-refractivity contribution in [3.63, 3.8) is 0 Å². The monoisotopic (exact) mass is 287 g/mol. The first kappa shape index (κ1) is 16.9. The molecule has 0 bridgehead atoms. The van der Waals surface area contributed by atoms with Gasteiger partial charge in [0.25, 0.3) is 0 Å². The van der Waals surface area contributed by atoms with E-state index in [1.165, 1.54) is 14.2 Å². The Labute approximate surface area is 119 Å². The number of hydrogen-bond acceptors (Lipinski definition) is 4. The summed E-state index contributed by atoms with van der Waals surface area (Å²) in [7, 11) is 3.03. The molecule has 0 aliphatic heterocycles. The highest BCUT2D eigenvalue weighted by molar-refractivity contribution is 5.78. The number of rotatable bonds is 8. The largest absolute Gasteiger partial charge is 0.481 e. The van der Waals surface area contributed by atoms with Crippen molar-refractivity contribution in [3.8, 4) is 0 Å². The molecule has 0 aromatic rings. The predicted octanol–water partition coefficient (Wildman–Crippen LogP) is 1.54. The number of ether oxygens (including phenoxy) is 2. The van der Waals surface area contributed by atoms with Crippen molar-refractivity contribution in [3.05, 3.63) is 0 Å². The summed E-state index contributed by atoms with van der Waals surface area (Å²) in [5, 5.41) is 11.9. The fourth-order valence-corrected chi connectivity index (χ4v) is 3.08. The van der Waals surface area contributed by atoms with Crippen LogP contribution in [0.5, 0.6) is 0 Å². The lowest BCUT2D eigenvalue weighted by Crippen LogP contribution is -2.44. The molecule has 116 valence electrons. The Kier molecular flexibility index (Phi) is 6.42. The maximum absolute atomic E-state index is 12.1. The van der Waals surface area contributed by atoms with Crippen LogP contribution in [-0.4, -0.2) is 43.5 Å². The molecule has 1 saturated carbocycles. The zero-order valence-electron chi connectivity index (χ0n) is 12.5. The first-order valence-electron chi connectivity index (χ1n) is 6.99. The van der Waals surface area contributed by atoms with Crippen molar-refractivity contribution in [1.29, 1.82) is 0 Å². The van der Waals surface area contributed by atoms with E-state index in [-0.39, 0.29) is 30.2 Å². The molecular weight excluding hydrogens is 262 g/mol. The molecular formula is C14H25NO5. The Morgan fingerprint density at radius 2 is 1.75 bits per heavy atom. The molecule has 0 aromatic carbocycles. The minimum absolute atomic E-state index is 0.0623. The zero-order valence-corrected chi connectivity index (χ0v) is 12.5. The lowest BCUT2D eigenvalue weighted by molar-refractivity contribution is -0.142. The number of carboxylic acids is 1. The van der Waals surface area contributed by atoms with Crippen molar-refractivity contribution in [2.75, 3.05) is 14.2 Å². The molecule has 6 nitrogen and oxygen atoms in total. The molecule has 6 heteroatoms. The summed E-state index contributed by atoms with van der Waals surface area (Å²) < 4.78 is 10.2. The van der Waals surface area contributed by atoms with Gasteiger partial charge in [0.15, 0.2) is 6.29 Å². The zero-order chi connectivity index (χ0) is 15.2. The van der Waals surface area contributed by atoms with Gasteiger partial charge in [-0.2, -0.15) is 0 Å². The van der Waals surface area contributed by atoms with Crippen LogP contribution in [-0.2, 0) is 19.1 Å². The molecule has 0 heterocycles. The summed E-state index contributed by atoms with van der Waals surface area (Å²) in [5.41, 5.74) is -0.384. The highest BCUT2D eigenvalue weighted by Crippen LogP contribution is 2.44. The lowest BCUT2D eigenvalue weighted by Gasteiger charge is -2.28. The fourth-order valence-electron chi connectivity index (χ4n) is 3.08. The summed E-state index contributed by atoms with van der Waals surface area (Å²) >= 11 is 0. The van der Waals surface area contributed by atoms with E-state index in [1.54, 1.807) is 6.92 Å². The van der Waals surface area contributed by atoms with Crippen molar-refractivity contribution < 1.29 is 24.2 Å². The lowest BCUT2D eigenvalue weighted by atomic mass is 9.79. The number of carbonyl (C=O) groups excluding carboxylic acids is 1. The summed E-state index contributed by atoms with van der Waals surface area (Å²) in [4.78, 5) is 23.1. The number of nitrogens with one attached hydrogen (secondary N) is 1. The van der Waals surface area contributed by atoms with Crippen LogP contribution in [0.2, 0.25) is 0 Å². The summed E-state index contributed by atoms with van der Waals surface area (Å²) in [6, 6.07) is -0.277. The third-order valence-corrected chi connectivity index (χ3v) is 3.99. The van der Waals surface area contributed by atoms with Gasteiger partial charge in [0, 0.05) is 20.6 Å². The van der Waals surface area contributed by atoms with E-state index in [0.29, 0.717) is 0 Å². The number of carbonyl (C=O) groups is 2. The SMILES string of the molecule is COC(OC)C(C)NC(=O)CC1(CC(=O)O)CCCC1. The topological polar surface area (TPSA) is 84.9 Å². The summed E-state index contributed by atoms with van der Waals surface area (Å²) in [6.07, 6.45) is 3.41. The maximum atomic E-state index is 12.1. The van der Waals surface area contributed by atoms with E-state index in [4.69, 9.17) is 14.6 Å². The van der Waals surface area contributed by atoms with Gasteiger partial charge in [0.2, 0.25) is 5.91 Å². The fraction of sp³-hybridized carbons (Fsp3) is 0.857. The van der Waals surface area contributed by atoms with Crippen LogP contribution in [0.4, 0.5) is 0 Å². The summed E-state index contributed by atoms with van der Waals surface area (Å²) in [5.74, 6) is -0.973. The normalized spacial score (nSPS) is 19.0. The van der Waals surface area contributed by atoms with Crippen LogP contribution < -0.4 is 5.32 Å². The quantitative estimate of drug-likeness (QED) is 0.661. The number of amides is 1. The minimum Gasteiger partial charge on any atom is -0.481 e. The number of hydrogen-bond donors (Lipinski definition) is 2. The first-order valence-corrected chi connectivity index (χ1v) is 6.99. The minimum atomic E-state index is -0.834. The van der Waals surface area contributed by atoms with Gasteiger partial charge in [-0.15, -0.1) is 0 Å². The van der Waals surface area contributed by atoms with Gasteiger partial charge in [0.1, 0.15) is 0 Å². The second-order valence-electron chi connectivity index (χ2n) is 5.65. The van der Waals surface area contributed by atoms with E-state index < -0.39 is 12.3 Å². The molecule has 0 aromatic heterocycles. The van der Waals surface area contributed by atoms with Gasteiger partial charge in [-0.25, -0.2) is 0 Å². The molecule has 1 unspecified atom stereocenters. The molecule has 1 aliphatic carbocycles. The Morgan fingerprint density at radius 1 is 1.20 bits per heavy atom. The van der Waals surface area contributed by atoms with E-state index in [1.807, 2.05) is 0 Å². The number of methoxy groups -OCH3 is 2. The van der Waals surface area contributed by atoms with Gasteiger partial charge in [-0.3, -0.25) is 9.59 Å². The van der Waals surface area contributed by atoms with Crippen LogP contribution in [0, 0.1) is 5.41 Å². The van der Waals surface area contributed by atoms with Crippen molar-refractivity contribution in [1.82, 2.24) is 5.32 Å². The standard InChI is InChI=1S/C14H25NO5/c1-10(13(19-2)20-3)15-11(16)8-14(9-12(17)18)6-4-5-7-14/h10,13H,4-9H2,1-3H3,(H,15,16)(H,17,18). The Morgan fingerprint density at radius 3 is 2.20 bits per heavy atom. The highest BCUT2D eigenvalue weighted by Gasteiger charge is 2.38. The molecule has 1 fully saturated rings. The van der Waals surface area contributed by atoms with Gasteiger partial charge < -0.3 is 19.9 Å². The van der Waals surface area contributed by atoms with E-state index in [0.717, 1.165) is 25.7 Å². The van der Waals surface area contributed by atoms with Crippen LogP contribution in [0.25, 0.3) is 0 Å². The van der Waals surface area contributed by atoms with E-state index >= 15 is 0 Å². The van der Waals surface area contributed by atoms with Gasteiger partial charge in [0.05, 0.1) is 12.5 Å². The Balaban J connectivity index is 2.56. The van der Waals surface area contributed by atoms with Crippen LogP contribution in [0.3, 0.4) is 0 Å². The molecule has 0 saturated heterocycles. The molecule has 1 aliphatic rings. The second-order valence-corrected chi connectivity index (χ2v) is 5.65. The smallest absolute Gasteiger partial charge is 0.303 e. The average Bonchev–Trinajstić information content (AvgIpc) is 2.77. The van der Waals surface area contributed by atoms with Gasteiger partial charge >= 0.3 is 5.97 Å². The second kappa shape index (κ2) is 7.59. The van der Waals surface area contributed by atoms with Crippen LogP contribution >= 0.6 is 0 Å². The van der Waals surface area contributed by atoms with Gasteiger partial charge in [-0.1, -0.05) is 12.8 Å². The molecule has 2 N–H and O–H groups in total. The molecule has 20 heavy (non-hydrogen) atoms. The first-order chi connectivity index (χ1) is 9.42. The number of aliphatic carboxylic acids is 1. The highest BCUT2D eigenvalue weighted by atomic mass is 16.7. The van der Waals surface area contributed by atoms with Crippen LogP contribution in [0.15, 0.2) is 0 Å². The van der Waals surface area contributed by atoms with Crippen LogP contribution in [0.1, 0.15) is 45.4 Å². The molecule has 1 atom stereocenters. The molecule has 1 rings (SSSR count). The Hall–Kier alpha value is -1.14. The molecule has 0 radical (unpaired) electrons. The molecule has 0 spiro atoms. The van der Waals surface area contributed by atoms with E-state index in [9.17, 15) is 9.59 Å². The van der Waals surface area contributed by atoms with Crippen molar-refractivity contribution in [2.45, 2.75) is 57.8 Å². The maximum Gasteiger partial charge on any atom is 0.303 e. The molecule has 1 amide bonds. The Bertz CT molecular complexity index is 334. The van der Waals surface area contributed by atoms with Gasteiger partial charge in [-0.05, 0) is 25.2 Å². The van der Waals surface area contributed by atoms with Crippen molar-refractivity contribution >= 4 is 11.9 Å². The summed E-state index contributed by atoms with van der Waals surface area (Å²) in [6.45, 7) is 1.80. The third-order valence-electron chi connectivity index (χ3n) is 3.99. The van der Waals surface area contributed by atoms with E-state index in [2.05, 4.69) is 5.32 Å². The predicted molar refractivity (Wildman–Crippen MR) is 73.2 cm³/mol. The number of carboxylic acid groups (broad SMARTS) is 1. The van der Waals surface area contributed by atoms with Crippen molar-refractivity contribution in [2.24, 2.45) is 5.41 Å².